The molecule has 0 saturated heterocycles. The maximum Gasteiger partial charge on any atom is 0.120 e. The van der Waals surface area contributed by atoms with Gasteiger partial charge in [0.15, 0.2) is 0 Å². The minimum Gasteiger partial charge on any atom is -0.240 e. The smallest absolute Gasteiger partial charge is 0.120 e. The predicted molar refractivity (Wildman–Crippen MR) is 112 cm³/mol. The van der Waals surface area contributed by atoms with E-state index in [0.29, 0.717) is 6.54 Å². The summed E-state index contributed by atoms with van der Waals surface area (Å²) < 4.78 is 2.04. The molecular formula is C22H26N3Si. The first kappa shape index (κ1) is 18.4. The number of rotatable bonds is 5. The SMILES string of the molecule is CC(C)=C=C(c1c(C2=C[CH]C=C2)nnn1Cc1ccccc1)[Si](C)(C)C. The molecule has 0 atom stereocenters. The number of benzene rings is 1. The summed E-state index contributed by atoms with van der Waals surface area (Å²) >= 11 is 0. The number of allylic oxidation sites excluding steroid dienone is 5. The molecule has 0 aliphatic heterocycles. The fourth-order valence-electron chi connectivity index (χ4n) is 3.01. The van der Waals surface area contributed by atoms with Crippen LogP contribution in [-0.2, 0) is 6.54 Å². The van der Waals surface area contributed by atoms with Crippen molar-refractivity contribution in [1.82, 2.24) is 15.0 Å². The van der Waals surface area contributed by atoms with Crippen molar-refractivity contribution in [2.24, 2.45) is 0 Å². The minimum absolute atomic E-state index is 0.711. The molecule has 0 spiro atoms. The van der Waals surface area contributed by atoms with E-state index >= 15 is 0 Å². The summed E-state index contributed by atoms with van der Waals surface area (Å²) in [5.41, 5.74) is 9.23. The first-order chi connectivity index (χ1) is 12.4. The standard InChI is InChI=1S/C22H26N3Si/c1-17(2)15-20(26(3,4)5)22-21(19-13-9-10-14-19)23-24-25(22)16-18-11-7-6-8-12-18/h6-14H,16H2,1-5H3. The van der Waals surface area contributed by atoms with E-state index in [1.807, 2.05) is 23.2 Å². The number of hydrogen-bond acceptors (Lipinski definition) is 2. The Morgan fingerprint density at radius 3 is 2.42 bits per heavy atom. The molecule has 0 fully saturated rings. The lowest BCUT2D eigenvalue weighted by Gasteiger charge is -2.21. The lowest BCUT2D eigenvalue weighted by atomic mass is 10.1. The molecule has 1 aliphatic carbocycles. The Labute approximate surface area is 157 Å². The highest BCUT2D eigenvalue weighted by Gasteiger charge is 2.29. The normalized spacial score (nSPS) is 13.5. The Hall–Kier alpha value is -2.42. The summed E-state index contributed by atoms with van der Waals surface area (Å²) in [5, 5.41) is 10.4. The Balaban J connectivity index is 2.21. The average molecular weight is 361 g/mol. The molecule has 0 bridgehead atoms. The van der Waals surface area contributed by atoms with Crippen LogP contribution in [0.5, 0.6) is 0 Å². The summed E-state index contributed by atoms with van der Waals surface area (Å²) in [5.74, 6) is 0. The zero-order valence-corrected chi connectivity index (χ0v) is 17.2. The Morgan fingerprint density at radius 2 is 1.85 bits per heavy atom. The van der Waals surface area contributed by atoms with Crippen LogP contribution in [0.3, 0.4) is 0 Å². The van der Waals surface area contributed by atoms with Gasteiger partial charge >= 0.3 is 0 Å². The van der Waals surface area contributed by atoms with Crippen LogP contribution in [-0.4, -0.2) is 23.1 Å². The third kappa shape index (κ3) is 4.04. The monoisotopic (exact) mass is 360 g/mol. The molecule has 1 radical (unpaired) electrons. The Kier molecular flexibility index (Phi) is 5.26. The fourth-order valence-corrected chi connectivity index (χ4v) is 4.59. The van der Waals surface area contributed by atoms with Crippen LogP contribution in [0.1, 0.15) is 30.8 Å². The van der Waals surface area contributed by atoms with Crippen molar-refractivity contribution in [1.29, 1.82) is 0 Å². The molecule has 3 nitrogen and oxygen atoms in total. The molecule has 1 heterocycles. The lowest BCUT2D eigenvalue weighted by Crippen LogP contribution is -2.25. The van der Waals surface area contributed by atoms with Crippen LogP contribution < -0.4 is 0 Å². The zero-order chi connectivity index (χ0) is 18.7. The van der Waals surface area contributed by atoms with E-state index in [1.54, 1.807) is 0 Å². The summed E-state index contributed by atoms with van der Waals surface area (Å²) in [7, 11) is -1.66. The van der Waals surface area contributed by atoms with Gasteiger partial charge in [0.1, 0.15) is 5.69 Å². The van der Waals surface area contributed by atoms with Crippen molar-refractivity contribution in [2.75, 3.05) is 0 Å². The van der Waals surface area contributed by atoms with E-state index in [2.05, 4.69) is 85.9 Å². The van der Waals surface area contributed by atoms with Gasteiger partial charge in [0.25, 0.3) is 0 Å². The van der Waals surface area contributed by atoms with E-state index in [0.717, 1.165) is 17.0 Å². The second-order valence-corrected chi connectivity index (χ2v) is 12.9. The van der Waals surface area contributed by atoms with Gasteiger partial charge in [-0.2, -0.15) is 0 Å². The summed E-state index contributed by atoms with van der Waals surface area (Å²) in [6.07, 6.45) is 8.30. The minimum atomic E-state index is -1.66. The van der Waals surface area contributed by atoms with Crippen LogP contribution in [0.4, 0.5) is 0 Å². The zero-order valence-electron chi connectivity index (χ0n) is 16.2. The molecule has 26 heavy (non-hydrogen) atoms. The number of nitrogens with zero attached hydrogens (tertiary/aromatic N) is 3. The van der Waals surface area contributed by atoms with Crippen molar-refractivity contribution in [2.45, 2.75) is 40.0 Å². The van der Waals surface area contributed by atoms with Crippen LogP contribution in [0.2, 0.25) is 19.6 Å². The first-order valence-electron chi connectivity index (χ1n) is 9.01. The largest absolute Gasteiger partial charge is 0.240 e. The van der Waals surface area contributed by atoms with Crippen molar-refractivity contribution < 1.29 is 0 Å². The van der Waals surface area contributed by atoms with E-state index < -0.39 is 8.07 Å². The molecule has 0 amide bonds. The first-order valence-corrected chi connectivity index (χ1v) is 12.5. The molecule has 3 rings (SSSR count). The predicted octanol–water partition coefficient (Wildman–Crippen LogP) is 5.31. The highest BCUT2D eigenvalue weighted by atomic mass is 28.3. The van der Waals surface area contributed by atoms with Crippen molar-refractivity contribution >= 4 is 18.8 Å². The topological polar surface area (TPSA) is 30.7 Å². The van der Waals surface area contributed by atoms with Gasteiger partial charge in [-0.25, -0.2) is 4.68 Å². The van der Waals surface area contributed by atoms with Crippen LogP contribution in [0.15, 0.2) is 59.9 Å². The molecule has 1 aromatic heterocycles. The van der Waals surface area contributed by atoms with E-state index in [4.69, 9.17) is 0 Å². The Bertz CT molecular complexity index is 914. The van der Waals surface area contributed by atoms with Gasteiger partial charge in [0, 0.05) is 17.2 Å². The van der Waals surface area contributed by atoms with Crippen molar-refractivity contribution in [3.05, 3.63) is 83.2 Å². The van der Waals surface area contributed by atoms with Gasteiger partial charge in [-0.05, 0) is 25.0 Å². The fraction of sp³-hybridized carbons (Fsp3) is 0.273. The molecule has 0 N–H and O–H groups in total. The van der Waals surface area contributed by atoms with Gasteiger partial charge in [-0.3, -0.25) is 0 Å². The second-order valence-electron chi connectivity index (χ2n) is 7.85. The maximum atomic E-state index is 4.56. The van der Waals surface area contributed by atoms with Gasteiger partial charge in [-0.1, -0.05) is 73.4 Å². The molecular weight excluding hydrogens is 334 g/mol. The third-order valence-corrected chi connectivity index (χ3v) is 6.07. The number of aromatic nitrogens is 3. The van der Waals surface area contributed by atoms with Gasteiger partial charge < -0.3 is 0 Å². The average Bonchev–Trinajstić information content (AvgIpc) is 3.22. The summed E-state index contributed by atoms with van der Waals surface area (Å²) in [6.45, 7) is 12.0. The molecule has 2 aromatic rings. The van der Waals surface area contributed by atoms with Crippen LogP contribution in [0.25, 0.3) is 10.8 Å². The highest BCUT2D eigenvalue weighted by Crippen LogP contribution is 2.32. The molecule has 133 valence electrons. The van der Waals surface area contributed by atoms with E-state index in [9.17, 15) is 0 Å². The molecule has 0 saturated carbocycles. The highest BCUT2D eigenvalue weighted by molar-refractivity contribution is 6.93. The third-order valence-electron chi connectivity index (χ3n) is 4.21. The van der Waals surface area contributed by atoms with Crippen molar-refractivity contribution in [3.8, 4) is 0 Å². The quantitative estimate of drug-likeness (QED) is 0.534. The maximum absolute atomic E-state index is 4.56. The van der Waals surface area contributed by atoms with Crippen LogP contribution in [0, 0.1) is 6.42 Å². The van der Waals surface area contributed by atoms with E-state index in [-0.39, 0.29) is 0 Å². The summed E-state index contributed by atoms with van der Waals surface area (Å²) in [6, 6.07) is 10.4. The van der Waals surface area contributed by atoms with Gasteiger partial charge in [0.2, 0.25) is 0 Å². The van der Waals surface area contributed by atoms with Gasteiger partial charge in [0.05, 0.1) is 20.3 Å². The second kappa shape index (κ2) is 7.44. The molecule has 4 heteroatoms. The molecule has 0 unspecified atom stereocenters. The lowest BCUT2D eigenvalue weighted by molar-refractivity contribution is 0.644. The Morgan fingerprint density at radius 1 is 1.12 bits per heavy atom. The summed E-state index contributed by atoms with van der Waals surface area (Å²) in [4.78, 5) is 0. The van der Waals surface area contributed by atoms with Gasteiger partial charge in [-0.15, -0.1) is 10.8 Å². The van der Waals surface area contributed by atoms with E-state index in [1.165, 1.54) is 16.3 Å². The molecule has 1 aromatic carbocycles. The molecule has 1 aliphatic rings. The number of hydrogen-bond donors (Lipinski definition) is 0. The van der Waals surface area contributed by atoms with Crippen LogP contribution >= 0.6 is 0 Å². The van der Waals surface area contributed by atoms with Crippen molar-refractivity contribution in [3.63, 3.8) is 0 Å².